The maximum absolute atomic E-state index is 14.9. The molecule has 4 rings (SSSR count). The molecule has 156 valence electrons. The van der Waals surface area contributed by atoms with E-state index in [1.807, 2.05) is 11.6 Å². The second-order valence-corrected chi connectivity index (χ2v) is 7.55. The summed E-state index contributed by atoms with van der Waals surface area (Å²) in [7, 11) is 2.04. The number of nitrogens with one attached hydrogen (secondary N) is 1. The van der Waals surface area contributed by atoms with E-state index in [0.717, 1.165) is 37.5 Å². The Kier molecular flexibility index (Phi) is 5.61. The average molecular weight is 412 g/mol. The summed E-state index contributed by atoms with van der Waals surface area (Å²) in [5, 5.41) is 8.64. The number of hydrogen-bond donors (Lipinski definition) is 2. The van der Waals surface area contributed by atoms with Crippen LogP contribution < -0.4 is 5.48 Å². The maximum atomic E-state index is 14.9. The second kappa shape index (κ2) is 8.33. The largest absolute Gasteiger partial charge is 0.319 e. The number of piperidine rings is 1. The molecular weight excluding hydrogens is 390 g/mol. The van der Waals surface area contributed by atoms with Crippen molar-refractivity contribution in [3.8, 4) is 11.4 Å². The first-order valence-corrected chi connectivity index (χ1v) is 9.74. The van der Waals surface area contributed by atoms with E-state index in [1.54, 1.807) is 12.1 Å². The van der Waals surface area contributed by atoms with Crippen LogP contribution in [0.1, 0.15) is 24.4 Å². The van der Waals surface area contributed by atoms with Crippen molar-refractivity contribution in [2.45, 2.75) is 18.9 Å². The van der Waals surface area contributed by atoms with Crippen LogP contribution in [0.5, 0.6) is 0 Å². The Bertz CT molecular complexity index is 1130. The van der Waals surface area contributed by atoms with Gasteiger partial charge in [-0.05, 0) is 62.3 Å². The lowest BCUT2D eigenvalue weighted by Gasteiger charge is -2.32. The molecule has 1 aliphatic heterocycles. The van der Waals surface area contributed by atoms with Crippen LogP contribution >= 0.6 is 0 Å². The topological polar surface area (TPSA) is 70.4 Å². The van der Waals surface area contributed by atoms with Gasteiger partial charge in [0.2, 0.25) is 0 Å². The zero-order chi connectivity index (χ0) is 21.3. The fourth-order valence-corrected chi connectivity index (χ4v) is 4.01. The third-order valence-corrected chi connectivity index (χ3v) is 5.38. The van der Waals surface area contributed by atoms with E-state index < -0.39 is 17.5 Å². The molecule has 0 radical (unpaired) electrons. The first-order valence-electron chi connectivity index (χ1n) is 9.74. The summed E-state index contributed by atoms with van der Waals surface area (Å²) in [5.74, 6) is -1.12. The van der Waals surface area contributed by atoms with Gasteiger partial charge < -0.3 is 9.47 Å². The Morgan fingerprint density at radius 3 is 2.87 bits per heavy atom. The van der Waals surface area contributed by atoms with Crippen LogP contribution in [-0.4, -0.2) is 45.7 Å². The quantitative estimate of drug-likeness (QED) is 0.389. The Balaban J connectivity index is 1.87. The smallest absolute Gasteiger partial charge is 0.267 e. The third kappa shape index (κ3) is 3.96. The molecule has 1 amide bonds. The zero-order valence-corrected chi connectivity index (χ0v) is 16.5. The highest BCUT2D eigenvalue weighted by atomic mass is 19.1. The molecule has 1 saturated heterocycles. The van der Waals surface area contributed by atoms with Gasteiger partial charge in [0.15, 0.2) is 0 Å². The lowest BCUT2D eigenvalue weighted by atomic mass is 10.0. The van der Waals surface area contributed by atoms with E-state index >= 15 is 0 Å². The second-order valence-electron chi connectivity index (χ2n) is 7.55. The molecule has 2 aromatic carbocycles. The fraction of sp³-hybridized carbons (Fsp3) is 0.273. The van der Waals surface area contributed by atoms with Crippen molar-refractivity contribution < 1.29 is 18.8 Å². The number of likely N-dealkylation sites (N-methyl/N-ethyl adjacent to an activating group) is 1. The highest BCUT2D eigenvalue weighted by Gasteiger charge is 2.25. The fourth-order valence-electron chi connectivity index (χ4n) is 4.01. The van der Waals surface area contributed by atoms with Crippen molar-refractivity contribution >= 4 is 23.0 Å². The number of hydrogen-bond acceptors (Lipinski definition) is 4. The minimum Gasteiger partial charge on any atom is -0.319 e. The van der Waals surface area contributed by atoms with Crippen molar-refractivity contribution in [3.05, 3.63) is 59.7 Å². The number of nitrogens with zero attached hydrogens (tertiary/aromatic N) is 3. The average Bonchev–Trinajstić information content (AvgIpc) is 3.11. The zero-order valence-electron chi connectivity index (χ0n) is 16.5. The van der Waals surface area contributed by atoms with Gasteiger partial charge in [0, 0.05) is 24.7 Å². The molecule has 0 bridgehead atoms. The van der Waals surface area contributed by atoms with E-state index in [-0.39, 0.29) is 11.6 Å². The van der Waals surface area contributed by atoms with Crippen LogP contribution in [0.2, 0.25) is 0 Å². The summed E-state index contributed by atoms with van der Waals surface area (Å²) in [5.41, 5.74) is 3.58. The van der Waals surface area contributed by atoms with Crippen molar-refractivity contribution in [2.75, 3.05) is 20.1 Å². The molecule has 2 N–H and O–H groups in total. The van der Waals surface area contributed by atoms with Gasteiger partial charge in [0.1, 0.15) is 17.5 Å². The number of carbonyl (C=O) groups is 1. The van der Waals surface area contributed by atoms with Crippen LogP contribution in [0.25, 0.3) is 28.5 Å². The van der Waals surface area contributed by atoms with Gasteiger partial charge in [-0.2, -0.15) is 0 Å². The van der Waals surface area contributed by atoms with Gasteiger partial charge >= 0.3 is 0 Å². The SMILES string of the molecule is CN1CCC[C@@H](n2c(-c3cc(/C=C/C(=O)NO)ccc3F)nc3cc(F)ccc32)C1. The number of aromatic nitrogens is 2. The summed E-state index contributed by atoms with van der Waals surface area (Å²) in [4.78, 5) is 18.1. The molecule has 3 aromatic rings. The number of carbonyl (C=O) groups excluding carboxylic acids is 1. The Morgan fingerprint density at radius 1 is 1.27 bits per heavy atom. The van der Waals surface area contributed by atoms with Gasteiger partial charge in [-0.1, -0.05) is 6.07 Å². The number of likely N-dealkylation sites (tertiary alicyclic amines) is 1. The van der Waals surface area contributed by atoms with E-state index in [0.29, 0.717) is 16.9 Å². The van der Waals surface area contributed by atoms with Crippen molar-refractivity contribution in [1.82, 2.24) is 19.9 Å². The van der Waals surface area contributed by atoms with Gasteiger partial charge in [-0.3, -0.25) is 10.0 Å². The predicted octanol–water partition coefficient (Wildman–Crippen LogP) is 3.77. The van der Waals surface area contributed by atoms with E-state index in [9.17, 15) is 13.6 Å². The van der Waals surface area contributed by atoms with Crippen molar-refractivity contribution in [3.63, 3.8) is 0 Å². The maximum Gasteiger partial charge on any atom is 0.267 e. The minimum absolute atomic E-state index is 0.0768. The summed E-state index contributed by atoms with van der Waals surface area (Å²) in [6, 6.07) is 8.94. The molecule has 0 aliphatic carbocycles. The number of fused-ring (bicyclic) bond motifs is 1. The molecule has 1 aliphatic rings. The minimum atomic E-state index is -0.686. The van der Waals surface area contributed by atoms with Gasteiger partial charge in [0.05, 0.1) is 16.6 Å². The van der Waals surface area contributed by atoms with Crippen LogP contribution in [0.4, 0.5) is 8.78 Å². The Morgan fingerprint density at radius 2 is 2.10 bits per heavy atom. The highest BCUT2D eigenvalue weighted by Crippen LogP contribution is 2.34. The Labute approximate surface area is 172 Å². The molecule has 0 unspecified atom stereocenters. The number of amides is 1. The number of halogens is 2. The molecular formula is C22H22F2N4O2. The first kappa shape index (κ1) is 20.2. The van der Waals surface area contributed by atoms with E-state index in [1.165, 1.54) is 35.8 Å². The van der Waals surface area contributed by atoms with E-state index in [4.69, 9.17) is 5.21 Å². The van der Waals surface area contributed by atoms with Gasteiger partial charge in [-0.25, -0.2) is 19.2 Å². The van der Waals surface area contributed by atoms with Crippen molar-refractivity contribution in [1.29, 1.82) is 0 Å². The molecule has 2 heterocycles. The summed E-state index contributed by atoms with van der Waals surface area (Å²) in [6.45, 7) is 1.78. The lowest BCUT2D eigenvalue weighted by Crippen LogP contribution is -2.33. The molecule has 0 saturated carbocycles. The normalized spacial score (nSPS) is 17.7. The standard InChI is InChI=1S/C22H22F2N4O2/c1-27-10-2-3-16(13-27)28-20-8-6-15(23)12-19(20)25-22(28)17-11-14(4-7-18(17)24)5-9-21(29)26-30/h4-9,11-12,16,30H,2-3,10,13H2,1H3,(H,26,29)/b9-5+/t16-/m1/s1. The number of rotatable bonds is 4. The van der Waals surface area contributed by atoms with Crippen molar-refractivity contribution in [2.24, 2.45) is 0 Å². The predicted molar refractivity (Wildman–Crippen MR) is 110 cm³/mol. The molecule has 1 atom stereocenters. The first-order chi connectivity index (χ1) is 14.5. The third-order valence-electron chi connectivity index (χ3n) is 5.38. The van der Waals surface area contributed by atoms with Gasteiger partial charge in [0.25, 0.3) is 5.91 Å². The monoisotopic (exact) mass is 412 g/mol. The van der Waals surface area contributed by atoms with Crippen LogP contribution in [0, 0.1) is 11.6 Å². The summed E-state index contributed by atoms with van der Waals surface area (Å²) in [6.07, 6.45) is 4.53. The molecule has 1 aromatic heterocycles. The number of hydroxylamine groups is 1. The van der Waals surface area contributed by atoms with Crippen LogP contribution in [0.15, 0.2) is 42.5 Å². The molecule has 0 spiro atoms. The molecule has 30 heavy (non-hydrogen) atoms. The Hall–Kier alpha value is -3.10. The summed E-state index contributed by atoms with van der Waals surface area (Å²) < 4.78 is 30.7. The molecule has 1 fully saturated rings. The lowest BCUT2D eigenvalue weighted by molar-refractivity contribution is -0.124. The molecule has 8 heteroatoms. The number of benzene rings is 2. The van der Waals surface area contributed by atoms with Crippen LogP contribution in [-0.2, 0) is 4.79 Å². The number of imidazole rings is 1. The summed E-state index contributed by atoms with van der Waals surface area (Å²) >= 11 is 0. The van der Waals surface area contributed by atoms with Gasteiger partial charge in [-0.15, -0.1) is 0 Å². The molecule has 6 nitrogen and oxygen atoms in total. The van der Waals surface area contributed by atoms with Crippen LogP contribution in [0.3, 0.4) is 0 Å². The van der Waals surface area contributed by atoms with E-state index in [2.05, 4.69) is 9.88 Å². The highest BCUT2D eigenvalue weighted by molar-refractivity contribution is 5.91.